The fourth-order valence-electron chi connectivity index (χ4n) is 2.04. The number of hydrogen-bond acceptors (Lipinski definition) is 2. The van der Waals surface area contributed by atoms with Crippen LogP contribution in [-0.2, 0) is 6.42 Å². The first kappa shape index (κ1) is 13.6. The predicted molar refractivity (Wildman–Crippen MR) is 69.8 cm³/mol. The van der Waals surface area contributed by atoms with Crippen LogP contribution in [0.3, 0.4) is 0 Å². The third kappa shape index (κ3) is 2.50. The molecule has 0 aliphatic carbocycles. The summed E-state index contributed by atoms with van der Waals surface area (Å²) in [5.41, 5.74) is 0.925. The van der Waals surface area contributed by atoms with Crippen molar-refractivity contribution in [2.24, 2.45) is 0 Å². The van der Waals surface area contributed by atoms with Crippen molar-refractivity contribution in [1.82, 2.24) is 4.98 Å². The van der Waals surface area contributed by atoms with E-state index in [0.29, 0.717) is 18.8 Å². The van der Waals surface area contributed by atoms with Gasteiger partial charge in [0.15, 0.2) is 17.5 Å². The van der Waals surface area contributed by atoms with Crippen LogP contribution in [0, 0.1) is 17.5 Å². The zero-order valence-corrected chi connectivity index (χ0v) is 10.9. The highest BCUT2D eigenvalue weighted by Crippen LogP contribution is 2.26. The maximum absolute atomic E-state index is 13.7. The Hall–Kier alpha value is -1.78. The summed E-state index contributed by atoms with van der Waals surface area (Å²) in [5, 5.41) is 3.07. The van der Waals surface area contributed by atoms with Crippen LogP contribution in [0.2, 0.25) is 0 Å². The quantitative estimate of drug-likeness (QED) is 0.847. The molecule has 0 unspecified atom stereocenters. The molecule has 1 aromatic carbocycles. The molecule has 102 valence electrons. The van der Waals surface area contributed by atoms with Gasteiger partial charge in [-0.3, -0.25) is 0 Å². The molecule has 5 heteroatoms. The molecule has 0 amide bonds. The molecule has 1 N–H and O–H groups in total. The van der Waals surface area contributed by atoms with Gasteiger partial charge in [0, 0.05) is 18.0 Å². The normalized spacial score (nSPS) is 11.0. The van der Waals surface area contributed by atoms with E-state index in [1.165, 1.54) is 0 Å². The zero-order chi connectivity index (χ0) is 14.0. The molecule has 2 rings (SSSR count). The van der Waals surface area contributed by atoms with Gasteiger partial charge < -0.3 is 5.32 Å². The minimum absolute atomic E-state index is 0.0176. The van der Waals surface area contributed by atoms with Gasteiger partial charge in [0.1, 0.15) is 5.82 Å². The summed E-state index contributed by atoms with van der Waals surface area (Å²) in [5.74, 6) is -3.25. The number of anilines is 1. The molecule has 2 aromatic rings. The molecule has 1 heterocycles. The van der Waals surface area contributed by atoms with E-state index in [9.17, 15) is 13.2 Å². The van der Waals surface area contributed by atoms with E-state index in [1.54, 1.807) is 6.07 Å². The van der Waals surface area contributed by atoms with Crippen molar-refractivity contribution in [1.29, 1.82) is 0 Å². The average molecular weight is 268 g/mol. The fraction of sp³-hybridized carbons (Fsp3) is 0.357. The second-order valence-corrected chi connectivity index (χ2v) is 4.33. The number of benzene rings is 1. The van der Waals surface area contributed by atoms with Crippen LogP contribution in [-0.4, -0.2) is 11.5 Å². The topological polar surface area (TPSA) is 24.9 Å². The predicted octanol–water partition coefficient (Wildman–Crippen LogP) is 4.04. The summed E-state index contributed by atoms with van der Waals surface area (Å²) >= 11 is 0. The monoisotopic (exact) mass is 268 g/mol. The Morgan fingerprint density at radius 2 is 1.84 bits per heavy atom. The van der Waals surface area contributed by atoms with E-state index in [4.69, 9.17) is 0 Å². The van der Waals surface area contributed by atoms with Gasteiger partial charge in [-0.25, -0.2) is 18.2 Å². The molecule has 0 fully saturated rings. The molecule has 0 radical (unpaired) electrons. The standard InChI is InChI=1S/C14H15F3N2/c1-3-5-8-6-9-11(19-14(8)18-4-2)7-10(15)13(17)12(9)16/h6-7H,3-5H2,1-2H3,(H,18,19). The molecule has 1 aromatic heterocycles. The minimum Gasteiger partial charge on any atom is -0.370 e. The molecular weight excluding hydrogens is 253 g/mol. The highest BCUT2D eigenvalue weighted by Gasteiger charge is 2.16. The van der Waals surface area contributed by atoms with Gasteiger partial charge in [-0.05, 0) is 25.0 Å². The van der Waals surface area contributed by atoms with Gasteiger partial charge in [-0.1, -0.05) is 13.3 Å². The van der Waals surface area contributed by atoms with Crippen molar-refractivity contribution >= 4 is 16.7 Å². The van der Waals surface area contributed by atoms with Crippen molar-refractivity contribution in [2.75, 3.05) is 11.9 Å². The summed E-state index contributed by atoms with van der Waals surface area (Å²) in [4.78, 5) is 4.19. The second-order valence-electron chi connectivity index (χ2n) is 4.33. The minimum atomic E-state index is -1.45. The van der Waals surface area contributed by atoms with Crippen molar-refractivity contribution in [3.63, 3.8) is 0 Å². The Labute approximate surface area is 109 Å². The number of pyridine rings is 1. The number of fused-ring (bicyclic) bond motifs is 1. The van der Waals surface area contributed by atoms with Crippen LogP contribution >= 0.6 is 0 Å². The maximum atomic E-state index is 13.7. The molecule has 0 atom stereocenters. The fourth-order valence-corrected chi connectivity index (χ4v) is 2.04. The lowest BCUT2D eigenvalue weighted by molar-refractivity contribution is 0.453. The summed E-state index contributed by atoms with van der Waals surface area (Å²) in [6, 6.07) is 2.46. The van der Waals surface area contributed by atoms with E-state index >= 15 is 0 Å². The summed E-state index contributed by atoms with van der Waals surface area (Å²) in [6.45, 7) is 4.55. The number of nitrogens with one attached hydrogen (secondary N) is 1. The van der Waals surface area contributed by atoms with Crippen molar-refractivity contribution in [3.8, 4) is 0 Å². The largest absolute Gasteiger partial charge is 0.370 e. The average Bonchev–Trinajstić information content (AvgIpc) is 2.38. The zero-order valence-electron chi connectivity index (χ0n) is 10.9. The van der Waals surface area contributed by atoms with E-state index < -0.39 is 17.5 Å². The highest BCUT2D eigenvalue weighted by atomic mass is 19.2. The SMILES string of the molecule is CCCc1cc2c(F)c(F)c(F)cc2nc1NCC. The Balaban J connectivity index is 2.70. The third-order valence-corrected chi connectivity index (χ3v) is 2.90. The number of halogens is 3. The molecule has 2 nitrogen and oxygen atoms in total. The van der Waals surface area contributed by atoms with E-state index in [0.717, 1.165) is 18.1 Å². The molecule has 0 saturated heterocycles. The lowest BCUT2D eigenvalue weighted by Crippen LogP contribution is -2.05. The Morgan fingerprint density at radius 1 is 1.11 bits per heavy atom. The molecule has 19 heavy (non-hydrogen) atoms. The van der Waals surface area contributed by atoms with Gasteiger partial charge in [-0.2, -0.15) is 0 Å². The van der Waals surface area contributed by atoms with Crippen LogP contribution in [0.25, 0.3) is 10.9 Å². The first-order valence-electron chi connectivity index (χ1n) is 6.29. The van der Waals surface area contributed by atoms with E-state index in [-0.39, 0.29) is 10.9 Å². The maximum Gasteiger partial charge on any atom is 0.195 e. The number of aryl methyl sites for hydroxylation is 1. The molecule has 0 spiro atoms. The summed E-state index contributed by atoms with van der Waals surface area (Å²) < 4.78 is 40.2. The number of rotatable bonds is 4. The number of nitrogens with zero attached hydrogens (tertiary/aromatic N) is 1. The van der Waals surface area contributed by atoms with Crippen LogP contribution < -0.4 is 5.32 Å². The summed E-state index contributed by atoms with van der Waals surface area (Å²) in [6.07, 6.45) is 1.56. The Kier molecular flexibility index (Phi) is 3.93. The molecule has 0 aliphatic heterocycles. The van der Waals surface area contributed by atoms with Gasteiger partial charge in [0.2, 0.25) is 0 Å². The lowest BCUT2D eigenvalue weighted by Gasteiger charge is -2.11. The Bertz CT molecular complexity index is 611. The number of hydrogen-bond donors (Lipinski definition) is 1. The smallest absolute Gasteiger partial charge is 0.195 e. The van der Waals surface area contributed by atoms with Crippen LogP contribution in [0.1, 0.15) is 25.8 Å². The molecule has 0 bridgehead atoms. The van der Waals surface area contributed by atoms with Crippen LogP contribution in [0.4, 0.5) is 19.0 Å². The van der Waals surface area contributed by atoms with Crippen molar-refractivity contribution in [2.45, 2.75) is 26.7 Å². The first-order valence-corrected chi connectivity index (χ1v) is 6.29. The van der Waals surface area contributed by atoms with Crippen molar-refractivity contribution < 1.29 is 13.2 Å². The molecule has 0 aliphatic rings. The second kappa shape index (κ2) is 5.47. The van der Waals surface area contributed by atoms with E-state index in [1.807, 2.05) is 13.8 Å². The third-order valence-electron chi connectivity index (χ3n) is 2.90. The van der Waals surface area contributed by atoms with Gasteiger partial charge >= 0.3 is 0 Å². The lowest BCUT2D eigenvalue weighted by atomic mass is 10.1. The van der Waals surface area contributed by atoms with Gasteiger partial charge in [-0.15, -0.1) is 0 Å². The molecular formula is C14H15F3N2. The highest BCUT2D eigenvalue weighted by molar-refractivity contribution is 5.82. The summed E-state index contributed by atoms with van der Waals surface area (Å²) in [7, 11) is 0. The first-order chi connectivity index (χ1) is 9.08. The van der Waals surface area contributed by atoms with Crippen molar-refractivity contribution in [3.05, 3.63) is 35.1 Å². The molecule has 0 saturated carbocycles. The van der Waals surface area contributed by atoms with Gasteiger partial charge in [0.05, 0.1) is 5.52 Å². The van der Waals surface area contributed by atoms with Gasteiger partial charge in [0.25, 0.3) is 0 Å². The number of aromatic nitrogens is 1. The van der Waals surface area contributed by atoms with Crippen LogP contribution in [0.15, 0.2) is 12.1 Å². The van der Waals surface area contributed by atoms with Crippen LogP contribution in [0.5, 0.6) is 0 Å². The van der Waals surface area contributed by atoms with E-state index in [2.05, 4.69) is 10.3 Å². The Morgan fingerprint density at radius 3 is 2.47 bits per heavy atom.